The topological polar surface area (TPSA) is 67.8 Å². The summed E-state index contributed by atoms with van der Waals surface area (Å²) in [6.45, 7) is 0. The molecular formula is C13H8ClN3O2. The van der Waals surface area contributed by atoms with Gasteiger partial charge in [0.25, 0.3) is 11.1 Å². The van der Waals surface area contributed by atoms with Crippen molar-refractivity contribution in [2.75, 3.05) is 0 Å². The van der Waals surface area contributed by atoms with Crippen LogP contribution in [0.1, 0.15) is 0 Å². The molecule has 0 saturated carbocycles. The number of hydrogen-bond donors (Lipinski definition) is 1. The average Bonchev–Trinajstić information content (AvgIpc) is 2.40. The molecule has 0 fully saturated rings. The Morgan fingerprint density at radius 3 is 2.58 bits per heavy atom. The maximum absolute atomic E-state index is 12.3. The molecule has 2 aromatic heterocycles. The third kappa shape index (κ3) is 1.94. The van der Waals surface area contributed by atoms with Crippen LogP contribution in [0.3, 0.4) is 0 Å². The minimum Gasteiger partial charge on any atom is -0.328 e. The number of nitrogens with one attached hydrogen (secondary N) is 1. The van der Waals surface area contributed by atoms with Crippen LogP contribution in [-0.4, -0.2) is 14.8 Å². The van der Waals surface area contributed by atoms with Gasteiger partial charge in [0.1, 0.15) is 5.39 Å². The molecule has 2 heterocycles. The average molecular weight is 274 g/mol. The first kappa shape index (κ1) is 11.7. The van der Waals surface area contributed by atoms with Crippen molar-refractivity contribution in [2.45, 2.75) is 0 Å². The van der Waals surface area contributed by atoms with E-state index in [2.05, 4.69) is 10.1 Å². The highest BCUT2D eigenvalue weighted by molar-refractivity contribution is 6.30. The van der Waals surface area contributed by atoms with Crippen LogP contribution in [0.15, 0.2) is 52.3 Å². The van der Waals surface area contributed by atoms with Gasteiger partial charge >= 0.3 is 0 Å². The van der Waals surface area contributed by atoms with Crippen molar-refractivity contribution in [3.63, 3.8) is 0 Å². The summed E-state index contributed by atoms with van der Waals surface area (Å²) in [5.74, 6) is 0. The number of nitrogens with zero attached hydrogens (tertiary/aromatic N) is 2. The van der Waals surface area contributed by atoms with E-state index in [9.17, 15) is 9.59 Å². The lowest BCUT2D eigenvalue weighted by Crippen LogP contribution is -2.26. The smallest absolute Gasteiger partial charge is 0.284 e. The Morgan fingerprint density at radius 1 is 1.11 bits per heavy atom. The van der Waals surface area contributed by atoms with Crippen LogP contribution in [0, 0.1) is 0 Å². The summed E-state index contributed by atoms with van der Waals surface area (Å²) in [4.78, 5) is 26.5. The Labute approximate surface area is 112 Å². The SMILES string of the molecule is O=c1[nH]ccc2cnn(-c3ccc(Cl)cc3)c(=O)c12. The normalized spacial score (nSPS) is 10.8. The van der Waals surface area contributed by atoms with Gasteiger partial charge in [0.05, 0.1) is 11.9 Å². The first-order valence-electron chi connectivity index (χ1n) is 5.52. The first-order valence-corrected chi connectivity index (χ1v) is 5.90. The largest absolute Gasteiger partial charge is 0.328 e. The molecule has 0 aliphatic rings. The van der Waals surface area contributed by atoms with E-state index in [0.717, 1.165) is 0 Å². The molecular weight excluding hydrogens is 266 g/mol. The zero-order valence-corrected chi connectivity index (χ0v) is 10.4. The summed E-state index contributed by atoms with van der Waals surface area (Å²) in [6, 6.07) is 8.28. The fourth-order valence-corrected chi connectivity index (χ4v) is 1.99. The number of aromatic nitrogens is 3. The van der Waals surface area contributed by atoms with Gasteiger partial charge in [-0.25, -0.2) is 0 Å². The van der Waals surface area contributed by atoms with Gasteiger partial charge < -0.3 is 4.98 Å². The van der Waals surface area contributed by atoms with Gasteiger partial charge in [0, 0.05) is 16.6 Å². The molecule has 1 aromatic carbocycles. The third-order valence-corrected chi connectivity index (χ3v) is 3.03. The van der Waals surface area contributed by atoms with E-state index in [1.54, 1.807) is 30.3 Å². The van der Waals surface area contributed by atoms with Crippen LogP contribution in [0.4, 0.5) is 0 Å². The zero-order valence-electron chi connectivity index (χ0n) is 9.63. The molecule has 0 bridgehead atoms. The third-order valence-electron chi connectivity index (χ3n) is 2.78. The van der Waals surface area contributed by atoms with Crippen LogP contribution in [0.5, 0.6) is 0 Å². The van der Waals surface area contributed by atoms with Gasteiger partial charge in [-0.1, -0.05) is 11.6 Å². The number of pyridine rings is 1. The minimum atomic E-state index is -0.457. The number of benzene rings is 1. The molecule has 0 spiro atoms. The Kier molecular flexibility index (Phi) is 2.68. The van der Waals surface area contributed by atoms with Crippen molar-refractivity contribution in [2.24, 2.45) is 0 Å². The minimum absolute atomic E-state index is 0.0902. The zero-order chi connectivity index (χ0) is 13.4. The van der Waals surface area contributed by atoms with Crippen LogP contribution in [-0.2, 0) is 0 Å². The summed E-state index contributed by atoms with van der Waals surface area (Å²) < 4.78 is 1.17. The van der Waals surface area contributed by atoms with E-state index in [1.165, 1.54) is 17.1 Å². The monoisotopic (exact) mass is 273 g/mol. The number of halogens is 1. The second-order valence-electron chi connectivity index (χ2n) is 3.98. The second kappa shape index (κ2) is 4.37. The van der Waals surface area contributed by atoms with Crippen LogP contribution < -0.4 is 11.1 Å². The summed E-state index contributed by atoms with van der Waals surface area (Å²) >= 11 is 5.80. The predicted octanol–water partition coefficient (Wildman–Crippen LogP) is 1.73. The van der Waals surface area contributed by atoms with Crippen molar-refractivity contribution < 1.29 is 0 Å². The van der Waals surface area contributed by atoms with Gasteiger partial charge in [-0.2, -0.15) is 9.78 Å². The van der Waals surface area contributed by atoms with E-state index in [1.807, 2.05) is 0 Å². The molecule has 5 nitrogen and oxygen atoms in total. The molecule has 94 valence electrons. The summed E-state index contributed by atoms with van der Waals surface area (Å²) in [7, 11) is 0. The highest BCUT2D eigenvalue weighted by atomic mass is 35.5. The van der Waals surface area contributed by atoms with Gasteiger partial charge in [-0.3, -0.25) is 9.59 Å². The predicted molar refractivity (Wildman–Crippen MR) is 73.0 cm³/mol. The molecule has 3 aromatic rings. The highest BCUT2D eigenvalue weighted by Gasteiger charge is 2.08. The molecule has 1 N–H and O–H groups in total. The van der Waals surface area contributed by atoms with Gasteiger partial charge in [-0.05, 0) is 30.3 Å². The first-order chi connectivity index (χ1) is 9.16. The molecule has 19 heavy (non-hydrogen) atoms. The molecule has 0 aliphatic heterocycles. The van der Waals surface area contributed by atoms with Crippen LogP contribution >= 0.6 is 11.6 Å². The van der Waals surface area contributed by atoms with Crippen molar-refractivity contribution in [3.05, 3.63) is 68.5 Å². The molecule has 0 amide bonds. The molecule has 0 atom stereocenters. The lowest BCUT2D eigenvalue weighted by Gasteiger charge is -2.05. The lowest BCUT2D eigenvalue weighted by atomic mass is 10.2. The number of hydrogen-bond acceptors (Lipinski definition) is 3. The molecule has 3 rings (SSSR count). The van der Waals surface area contributed by atoms with E-state index in [0.29, 0.717) is 16.1 Å². The van der Waals surface area contributed by atoms with E-state index in [-0.39, 0.29) is 5.39 Å². The number of rotatable bonds is 1. The fraction of sp³-hybridized carbons (Fsp3) is 0. The van der Waals surface area contributed by atoms with Gasteiger partial charge in [0.2, 0.25) is 0 Å². The highest BCUT2D eigenvalue weighted by Crippen LogP contribution is 2.12. The fourth-order valence-electron chi connectivity index (χ4n) is 1.87. The summed E-state index contributed by atoms with van der Waals surface area (Å²) in [5, 5.41) is 5.22. The Balaban J connectivity index is 2.35. The molecule has 6 heteroatoms. The Morgan fingerprint density at radius 2 is 1.84 bits per heavy atom. The van der Waals surface area contributed by atoms with Crippen molar-refractivity contribution in [3.8, 4) is 5.69 Å². The maximum Gasteiger partial charge on any atom is 0.284 e. The quantitative estimate of drug-likeness (QED) is 0.734. The van der Waals surface area contributed by atoms with Crippen LogP contribution in [0.2, 0.25) is 5.02 Å². The van der Waals surface area contributed by atoms with E-state index >= 15 is 0 Å². The van der Waals surface area contributed by atoms with Crippen molar-refractivity contribution >= 4 is 22.4 Å². The standard InChI is InChI=1S/C13H8ClN3O2/c14-9-1-3-10(4-2-9)17-13(19)11-8(7-16-17)5-6-15-12(11)18/h1-7H,(H,15,18). The van der Waals surface area contributed by atoms with Crippen molar-refractivity contribution in [1.82, 2.24) is 14.8 Å². The van der Waals surface area contributed by atoms with Gasteiger partial charge in [-0.15, -0.1) is 0 Å². The summed E-state index contributed by atoms with van der Waals surface area (Å²) in [6.07, 6.45) is 2.97. The maximum atomic E-state index is 12.3. The van der Waals surface area contributed by atoms with E-state index < -0.39 is 11.1 Å². The van der Waals surface area contributed by atoms with Crippen molar-refractivity contribution in [1.29, 1.82) is 0 Å². The Bertz CT molecular complexity index is 865. The molecule has 0 radical (unpaired) electrons. The molecule has 0 saturated heterocycles. The molecule has 0 unspecified atom stereocenters. The van der Waals surface area contributed by atoms with E-state index in [4.69, 9.17) is 11.6 Å². The number of fused-ring (bicyclic) bond motifs is 1. The van der Waals surface area contributed by atoms with Crippen LogP contribution in [0.25, 0.3) is 16.5 Å². The lowest BCUT2D eigenvalue weighted by molar-refractivity contribution is 0.819. The number of aromatic amines is 1. The summed E-state index contributed by atoms with van der Waals surface area (Å²) in [5.41, 5.74) is -0.325. The Hall–Kier alpha value is -2.40. The number of H-pyrrole nitrogens is 1. The second-order valence-corrected chi connectivity index (χ2v) is 4.41. The van der Waals surface area contributed by atoms with Gasteiger partial charge in [0.15, 0.2) is 0 Å². The molecule has 0 aliphatic carbocycles.